The third kappa shape index (κ3) is 3.84. The highest BCUT2D eigenvalue weighted by molar-refractivity contribution is 7.98. The van der Waals surface area contributed by atoms with Crippen molar-refractivity contribution >= 4 is 11.8 Å². The quantitative estimate of drug-likeness (QED) is 0.438. The van der Waals surface area contributed by atoms with Crippen molar-refractivity contribution in [3.05, 3.63) is 60.7 Å². The monoisotopic (exact) mass is 395 g/mol. The van der Waals surface area contributed by atoms with E-state index in [1.54, 1.807) is 20.5 Å². The van der Waals surface area contributed by atoms with Gasteiger partial charge in [-0.15, -0.1) is 20.4 Å². The summed E-state index contributed by atoms with van der Waals surface area (Å²) in [5.74, 6) is 2.99. The molecular formula is C19H17N5O3S. The fourth-order valence-corrected chi connectivity index (χ4v) is 3.31. The first kappa shape index (κ1) is 18.1. The summed E-state index contributed by atoms with van der Waals surface area (Å²) in [6.07, 6.45) is 1.66. The first-order valence-corrected chi connectivity index (χ1v) is 9.39. The highest BCUT2D eigenvalue weighted by Crippen LogP contribution is 2.26. The molecule has 0 aliphatic carbocycles. The van der Waals surface area contributed by atoms with E-state index in [1.165, 1.54) is 11.8 Å². The van der Waals surface area contributed by atoms with Crippen molar-refractivity contribution in [1.82, 2.24) is 25.0 Å². The van der Waals surface area contributed by atoms with Gasteiger partial charge >= 0.3 is 0 Å². The molecule has 2 aromatic carbocycles. The van der Waals surface area contributed by atoms with E-state index in [0.29, 0.717) is 17.5 Å². The molecular weight excluding hydrogens is 378 g/mol. The van der Waals surface area contributed by atoms with Crippen LogP contribution in [0.25, 0.3) is 17.1 Å². The normalized spacial score (nSPS) is 10.8. The van der Waals surface area contributed by atoms with Crippen LogP contribution in [-0.2, 0) is 5.75 Å². The van der Waals surface area contributed by atoms with Crippen LogP contribution in [0.2, 0.25) is 0 Å². The second-order valence-corrected chi connectivity index (χ2v) is 6.65. The molecule has 2 aromatic heterocycles. The van der Waals surface area contributed by atoms with E-state index in [4.69, 9.17) is 13.9 Å². The molecule has 0 spiro atoms. The van der Waals surface area contributed by atoms with Gasteiger partial charge in [0.15, 0.2) is 5.16 Å². The molecule has 0 radical (unpaired) electrons. The first-order valence-electron chi connectivity index (χ1n) is 8.41. The van der Waals surface area contributed by atoms with Crippen molar-refractivity contribution in [2.75, 3.05) is 14.2 Å². The van der Waals surface area contributed by atoms with Gasteiger partial charge in [0.2, 0.25) is 11.8 Å². The lowest BCUT2D eigenvalue weighted by Crippen LogP contribution is -1.96. The lowest BCUT2D eigenvalue weighted by Gasteiger charge is -2.07. The van der Waals surface area contributed by atoms with Crippen molar-refractivity contribution < 1.29 is 13.9 Å². The minimum Gasteiger partial charge on any atom is -0.497 e. The molecule has 0 bridgehead atoms. The number of hydrogen-bond acceptors (Lipinski definition) is 8. The van der Waals surface area contributed by atoms with Crippen molar-refractivity contribution in [3.8, 4) is 28.6 Å². The van der Waals surface area contributed by atoms with E-state index < -0.39 is 0 Å². The van der Waals surface area contributed by atoms with Crippen molar-refractivity contribution in [2.45, 2.75) is 10.9 Å². The third-order valence-corrected chi connectivity index (χ3v) is 4.90. The van der Waals surface area contributed by atoms with Gasteiger partial charge in [0.1, 0.15) is 17.8 Å². The number of thioether (sulfide) groups is 1. The zero-order valence-electron chi connectivity index (χ0n) is 15.3. The lowest BCUT2D eigenvalue weighted by atomic mass is 10.2. The minimum absolute atomic E-state index is 0.465. The Morgan fingerprint density at radius 1 is 0.964 bits per heavy atom. The number of benzene rings is 2. The van der Waals surface area contributed by atoms with Gasteiger partial charge in [-0.3, -0.25) is 4.57 Å². The Hall–Kier alpha value is -3.33. The van der Waals surface area contributed by atoms with Crippen LogP contribution in [0.1, 0.15) is 5.89 Å². The predicted molar refractivity (Wildman–Crippen MR) is 104 cm³/mol. The summed E-state index contributed by atoms with van der Waals surface area (Å²) < 4.78 is 18.1. The molecule has 0 unspecified atom stereocenters. The summed E-state index contributed by atoms with van der Waals surface area (Å²) in [4.78, 5) is 0. The smallest absolute Gasteiger partial charge is 0.247 e. The van der Waals surface area contributed by atoms with Crippen LogP contribution < -0.4 is 9.47 Å². The van der Waals surface area contributed by atoms with Gasteiger partial charge in [0.05, 0.1) is 25.7 Å². The molecule has 0 aliphatic heterocycles. The zero-order chi connectivity index (χ0) is 19.3. The summed E-state index contributed by atoms with van der Waals surface area (Å²) in [7, 11) is 3.26. The number of aromatic nitrogens is 5. The molecule has 0 aliphatic rings. The van der Waals surface area contributed by atoms with Crippen LogP contribution in [0.4, 0.5) is 0 Å². The molecule has 0 amide bonds. The van der Waals surface area contributed by atoms with Gasteiger partial charge in [0.25, 0.3) is 0 Å². The largest absolute Gasteiger partial charge is 0.497 e. The SMILES string of the molecule is COc1ccc(-c2nnc(CSc3nncn3-c3cccc(OC)c3)o2)cc1. The Morgan fingerprint density at radius 3 is 2.57 bits per heavy atom. The van der Waals surface area contributed by atoms with Crippen LogP contribution >= 0.6 is 11.8 Å². The molecule has 142 valence electrons. The van der Waals surface area contributed by atoms with Gasteiger partial charge in [-0.2, -0.15) is 0 Å². The minimum atomic E-state index is 0.465. The fraction of sp³-hybridized carbons (Fsp3) is 0.158. The maximum absolute atomic E-state index is 5.76. The molecule has 0 atom stereocenters. The number of nitrogens with zero attached hydrogens (tertiary/aromatic N) is 5. The molecule has 0 saturated heterocycles. The number of hydrogen-bond donors (Lipinski definition) is 0. The Morgan fingerprint density at radius 2 is 1.79 bits per heavy atom. The summed E-state index contributed by atoms with van der Waals surface area (Å²) in [5, 5.41) is 17.1. The Labute approximate surface area is 165 Å². The van der Waals surface area contributed by atoms with Gasteiger partial charge in [-0.05, 0) is 36.4 Å². The van der Waals surface area contributed by atoms with Crippen LogP contribution in [0.3, 0.4) is 0 Å². The standard InChI is InChI=1S/C19H17N5O3S/c1-25-15-8-6-13(7-9-15)18-22-21-17(27-18)11-28-19-23-20-12-24(19)14-4-3-5-16(10-14)26-2/h3-10,12H,11H2,1-2H3. The van der Waals surface area contributed by atoms with Crippen LogP contribution in [0.5, 0.6) is 11.5 Å². The zero-order valence-corrected chi connectivity index (χ0v) is 16.1. The molecule has 9 heteroatoms. The van der Waals surface area contributed by atoms with E-state index in [1.807, 2.05) is 53.1 Å². The van der Waals surface area contributed by atoms with E-state index in [2.05, 4.69) is 20.4 Å². The van der Waals surface area contributed by atoms with E-state index in [-0.39, 0.29) is 0 Å². The maximum atomic E-state index is 5.76. The average molecular weight is 395 g/mol. The van der Waals surface area contributed by atoms with E-state index in [9.17, 15) is 0 Å². The molecule has 8 nitrogen and oxygen atoms in total. The lowest BCUT2D eigenvalue weighted by molar-refractivity contribution is 0.414. The third-order valence-electron chi connectivity index (χ3n) is 3.98. The second kappa shape index (κ2) is 8.13. The Balaban J connectivity index is 1.47. The molecule has 4 aromatic rings. The highest BCUT2D eigenvalue weighted by Gasteiger charge is 2.13. The van der Waals surface area contributed by atoms with Gasteiger partial charge in [-0.1, -0.05) is 17.8 Å². The average Bonchev–Trinajstić information content (AvgIpc) is 3.42. The van der Waals surface area contributed by atoms with E-state index >= 15 is 0 Å². The molecule has 2 heterocycles. The number of ether oxygens (including phenoxy) is 2. The molecule has 0 saturated carbocycles. The summed E-state index contributed by atoms with van der Waals surface area (Å²) in [5.41, 5.74) is 1.75. The van der Waals surface area contributed by atoms with Gasteiger partial charge in [0, 0.05) is 11.6 Å². The van der Waals surface area contributed by atoms with Crippen LogP contribution in [-0.4, -0.2) is 39.2 Å². The van der Waals surface area contributed by atoms with Crippen molar-refractivity contribution in [1.29, 1.82) is 0 Å². The topological polar surface area (TPSA) is 88.1 Å². The first-order chi connectivity index (χ1) is 13.8. The molecule has 0 fully saturated rings. The maximum Gasteiger partial charge on any atom is 0.247 e. The summed E-state index contributed by atoms with van der Waals surface area (Å²) in [6, 6.07) is 15.1. The fourth-order valence-electron chi connectivity index (χ4n) is 2.55. The van der Waals surface area contributed by atoms with Gasteiger partial charge < -0.3 is 13.9 Å². The van der Waals surface area contributed by atoms with Gasteiger partial charge in [-0.25, -0.2) is 0 Å². The van der Waals surface area contributed by atoms with Crippen molar-refractivity contribution in [3.63, 3.8) is 0 Å². The van der Waals surface area contributed by atoms with Crippen LogP contribution in [0, 0.1) is 0 Å². The summed E-state index contributed by atoms with van der Waals surface area (Å²) >= 11 is 1.46. The molecule has 0 N–H and O–H groups in total. The Bertz CT molecular complexity index is 1060. The van der Waals surface area contributed by atoms with Crippen molar-refractivity contribution in [2.24, 2.45) is 0 Å². The Kier molecular flexibility index (Phi) is 5.24. The number of rotatable bonds is 7. The van der Waals surface area contributed by atoms with Crippen LogP contribution in [0.15, 0.2) is 64.4 Å². The van der Waals surface area contributed by atoms with E-state index in [0.717, 1.165) is 27.9 Å². The highest BCUT2D eigenvalue weighted by atomic mass is 32.2. The summed E-state index contributed by atoms with van der Waals surface area (Å²) in [6.45, 7) is 0. The predicted octanol–water partition coefficient (Wildman–Crippen LogP) is 3.63. The molecule has 28 heavy (non-hydrogen) atoms. The molecule has 4 rings (SSSR count). The number of methoxy groups -OCH3 is 2. The second-order valence-electron chi connectivity index (χ2n) is 5.70.